The van der Waals surface area contributed by atoms with E-state index in [0.717, 1.165) is 41.2 Å². The lowest BCUT2D eigenvalue weighted by Gasteiger charge is -2.33. The minimum atomic E-state index is -0.0306. The molecule has 6 nitrogen and oxygen atoms in total. The maximum Gasteiger partial charge on any atom is 0.253 e. The van der Waals surface area contributed by atoms with Gasteiger partial charge in [0, 0.05) is 42.5 Å². The summed E-state index contributed by atoms with van der Waals surface area (Å²) in [5.41, 5.74) is 5.80. The molecule has 1 saturated heterocycles. The Morgan fingerprint density at radius 1 is 0.886 bits per heavy atom. The van der Waals surface area contributed by atoms with E-state index in [4.69, 9.17) is 4.98 Å². The van der Waals surface area contributed by atoms with Gasteiger partial charge in [0.15, 0.2) is 0 Å². The first-order chi connectivity index (χ1) is 17.1. The van der Waals surface area contributed by atoms with Crippen LogP contribution in [0.15, 0.2) is 72.8 Å². The van der Waals surface area contributed by atoms with Gasteiger partial charge in [0.1, 0.15) is 5.82 Å². The minimum Gasteiger partial charge on any atom is -0.339 e. The van der Waals surface area contributed by atoms with Crippen molar-refractivity contribution in [2.45, 2.75) is 26.2 Å². The third kappa shape index (κ3) is 3.79. The number of rotatable bonds is 3. The molecule has 0 N–H and O–H groups in total. The number of aryl methyl sites for hydroxylation is 1. The molecule has 3 aromatic carbocycles. The van der Waals surface area contributed by atoms with Gasteiger partial charge in [0.2, 0.25) is 5.91 Å². The molecule has 1 aromatic heterocycles. The molecule has 1 fully saturated rings. The van der Waals surface area contributed by atoms with Gasteiger partial charge in [-0.25, -0.2) is 4.98 Å². The molecular weight excluding hydrogens is 436 g/mol. The number of aromatic nitrogens is 2. The van der Waals surface area contributed by atoms with Crippen LogP contribution in [0.2, 0.25) is 0 Å². The highest BCUT2D eigenvalue weighted by Gasteiger charge is 2.33. The summed E-state index contributed by atoms with van der Waals surface area (Å²) in [6.07, 6.45) is 2.32. The van der Waals surface area contributed by atoms with Gasteiger partial charge in [-0.1, -0.05) is 36.4 Å². The van der Waals surface area contributed by atoms with Crippen LogP contribution in [0.25, 0.3) is 16.7 Å². The lowest BCUT2D eigenvalue weighted by atomic mass is 9.94. The molecule has 35 heavy (non-hydrogen) atoms. The number of nitrogens with zero attached hydrogens (tertiary/aromatic N) is 4. The lowest BCUT2D eigenvalue weighted by molar-refractivity contribution is -0.123. The molecule has 0 radical (unpaired) electrons. The zero-order valence-corrected chi connectivity index (χ0v) is 19.9. The Kier molecular flexibility index (Phi) is 5.36. The molecule has 0 spiro atoms. The third-order valence-electron chi connectivity index (χ3n) is 7.37. The number of benzene rings is 3. The Morgan fingerprint density at radius 2 is 1.63 bits per heavy atom. The van der Waals surface area contributed by atoms with Crippen molar-refractivity contribution in [3.05, 3.63) is 89.7 Å². The average molecular weight is 465 g/mol. The molecule has 6 heteroatoms. The van der Waals surface area contributed by atoms with Crippen molar-refractivity contribution in [3.63, 3.8) is 0 Å². The van der Waals surface area contributed by atoms with Gasteiger partial charge in [0.25, 0.3) is 5.91 Å². The number of anilines is 1. The molecule has 2 aliphatic heterocycles. The summed E-state index contributed by atoms with van der Waals surface area (Å²) >= 11 is 0. The fraction of sp³-hybridized carbons (Fsp3) is 0.276. The van der Waals surface area contributed by atoms with Crippen molar-refractivity contribution >= 4 is 28.5 Å². The number of carbonyl (C=O) groups excluding carboxylic acids is 2. The molecule has 0 atom stereocenters. The number of carbonyl (C=O) groups is 2. The zero-order valence-electron chi connectivity index (χ0n) is 19.9. The highest BCUT2D eigenvalue weighted by Crippen LogP contribution is 2.31. The fourth-order valence-electron chi connectivity index (χ4n) is 5.54. The summed E-state index contributed by atoms with van der Waals surface area (Å²) in [4.78, 5) is 35.1. The minimum absolute atomic E-state index is 0.0104. The summed E-state index contributed by atoms with van der Waals surface area (Å²) < 4.78 is 2.11. The quantitative estimate of drug-likeness (QED) is 0.439. The van der Waals surface area contributed by atoms with Gasteiger partial charge >= 0.3 is 0 Å². The highest BCUT2D eigenvalue weighted by atomic mass is 16.2. The summed E-state index contributed by atoms with van der Waals surface area (Å²) in [5.74, 6) is 1.07. The number of amides is 2. The fourth-order valence-corrected chi connectivity index (χ4v) is 5.54. The van der Waals surface area contributed by atoms with Crippen LogP contribution in [0, 0.1) is 12.8 Å². The molecule has 0 saturated carbocycles. The van der Waals surface area contributed by atoms with Crippen molar-refractivity contribution in [1.82, 2.24) is 14.5 Å². The van der Waals surface area contributed by atoms with E-state index in [1.165, 1.54) is 5.56 Å². The molecule has 0 unspecified atom stereocenters. The van der Waals surface area contributed by atoms with E-state index in [9.17, 15) is 9.59 Å². The van der Waals surface area contributed by atoms with Gasteiger partial charge in [0.05, 0.1) is 11.0 Å². The Labute approximate surface area is 204 Å². The Bertz CT molecular complexity index is 1420. The Balaban J connectivity index is 1.16. The number of likely N-dealkylation sites (tertiary alicyclic amines) is 1. The first kappa shape index (κ1) is 21.6. The van der Waals surface area contributed by atoms with Crippen molar-refractivity contribution in [1.29, 1.82) is 0 Å². The van der Waals surface area contributed by atoms with Crippen LogP contribution in [-0.2, 0) is 11.2 Å². The van der Waals surface area contributed by atoms with Crippen LogP contribution in [0.1, 0.15) is 34.6 Å². The number of hydrogen-bond acceptors (Lipinski definition) is 3. The summed E-state index contributed by atoms with van der Waals surface area (Å²) in [6, 6.07) is 24.1. The normalized spacial score (nSPS) is 16.0. The summed E-state index contributed by atoms with van der Waals surface area (Å²) in [5, 5.41) is 0. The van der Waals surface area contributed by atoms with Gasteiger partial charge in [-0.3, -0.25) is 14.2 Å². The smallest absolute Gasteiger partial charge is 0.253 e. The zero-order chi connectivity index (χ0) is 23.9. The van der Waals surface area contributed by atoms with Crippen LogP contribution in [0.5, 0.6) is 0 Å². The molecule has 3 heterocycles. The maximum absolute atomic E-state index is 13.3. The second kappa shape index (κ2) is 8.69. The van der Waals surface area contributed by atoms with E-state index >= 15 is 0 Å². The largest absolute Gasteiger partial charge is 0.339 e. The molecule has 2 amide bonds. The van der Waals surface area contributed by atoms with Gasteiger partial charge in [-0.2, -0.15) is 0 Å². The summed E-state index contributed by atoms with van der Waals surface area (Å²) in [7, 11) is 0. The maximum atomic E-state index is 13.3. The third-order valence-corrected chi connectivity index (χ3v) is 7.37. The van der Waals surface area contributed by atoms with E-state index < -0.39 is 0 Å². The van der Waals surface area contributed by atoms with E-state index in [0.29, 0.717) is 31.5 Å². The number of imidazole rings is 1. The molecule has 6 rings (SSSR count). The SMILES string of the molecule is Cc1nc2cc(C(=O)N3CCC(C(=O)N4CCc5ccccc54)CC3)ccc2n1-c1ccccc1. The van der Waals surface area contributed by atoms with Crippen LogP contribution >= 0.6 is 0 Å². The van der Waals surface area contributed by atoms with Gasteiger partial charge in [-0.15, -0.1) is 0 Å². The highest BCUT2D eigenvalue weighted by molar-refractivity contribution is 5.99. The molecule has 0 bridgehead atoms. The predicted molar refractivity (Wildman–Crippen MR) is 137 cm³/mol. The number of piperidine rings is 1. The first-order valence-corrected chi connectivity index (χ1v) is 12.3. The molecule has 176 valence electrons. The van der Waals surface area contributed by atoms with Gasteiger partial charge < -0.3 is 9.80 Å². The van der Waals surface area contributed by atoms with Gasteiger partial charge in [-0.05, 0) is 68.1 Å². The van der Waals surface area contributed by atoms with E-state index in [1.54, 1.807) is 0 Å². The van der Waals surface area contributed by atoms with Crippen LogP contribution in [0.3, 0.4) is 0 Å². The topological polar surface area (TPSA) is 58.4 Å². The molecular formula is C29H28N4O2. The second-order valence-corrected chi connectivity index (χ2v) is 9.47. The lowest BCUT2D eigenvalue weighted by Crippen LogP contribution is -2.44. The van der Waals surface area contributed by atoms with Crippen molar-refractivity contribution < 1.29 is 9.59 Å². The van der Waals surface area contributed by atoms with E-state index in [1.807, 2.05) is 71.3 Å². The monoisotopic (exact) mass is 464 g/mol. The van der Waals surface area contributed by atoms with Crippen molar-refractivity contribution in [3.8, 4) is 5.69 Å². The number of fused-ring (bicyclic) bond motifs is 2. The van der Waals surface area contributed by atoms with Crippen molar-refractivity contribution in [2.75, 3.05) is 24.5 Å². The first-order valence-electron chi connectivity index (χ1n) is 12.3. The molecule has 0 aliphatic carbocycles. The van der Waals surface area contributed by atoms with E-state index in [2.05, 4.69) is 22.8 Å². The summed E-state index contributed by atoms with van der Waals surface area (Å²) in [6.45, 7) is 3.93. The predicted octanol–water partition coefficient (Wildman–Crippen LogP) is 4.78. The van der Waals surface area contributed by atoms with E-state index in [-0.39, 0.29) is 17.7 Å². The molecule has 4 aromatic rings. The Morgan fingerprint density at radius 3 is 2.43 bits per heavy atom. The standard InChI is InChI=1S/C29H28N4O2/c1-20-30-25-19-23(11-12-27(25)33(20)24-8-3-2-4-9-24)28(34)31-16-13-22(14-17-31)29(35)32-18-15-21-7-5-6-10-26(21)32/h2-12,19,22H,13-18H2,1H3. The second-order valence-electron chi connectivity index (χ2n) is 9.47. The average Bonchev–Trinajstić information content (AvgIpc) is 3.48. The molecule has 2 aliphatic rings. The van der Waals surface area contributed by atoms with Crippen molar-refractivity contribution in [2.24, 2.45) is 5.92 Å². The van der Waals surface area contributed by atoms with Crippen LogP contribution in [0.4, 0.5) is 5.69 Å². The number of para-hydroxylation sites is 2. The Hall–Kier alpha value is -3.93. The van der Waals surface area contributed by atoms with Crippen LogP contribution < -0.4 is 4.90 Å². The van der Waals surface area contributed by atoms with Crippen LogP contribution in [-0.4, -0.2) is 45.9 Å². The number of hydrogen-bond donors (Lipinski definition) is 0.